The first kappa shape index (κ1) is 12.7. The van der Waals surface area contributed by atoms with E-state index < -0.39 is 11.6 Å². The molecule has 1 rings (SSSR count). The molecular weight excluding hydrogens is 214 g/mol. The van der Waals surface area contributed by atoms with E-state index >= 15 is 0 Å². The van der Waals surface area contributed by atoms with Crippen molar-refractivity contribution in [3.63, 3.8) is 0 Å². The number of pyridine rings is 1. The van der Waals surface area contributed by atoms with E-state index in [9.17, 15) is 8.78 Å². The fraction of sp³-hybridized carbons (Fsp3) is 0.545. The van der Waals surface area contributed by atoms with E-state index in [1.165, 1.54) is 0 Å². The number of anilines is 1. The van der Waals surface area contributed by atoms with Crippen LogP contribution in [0.3, 0.4) is 0 Å². The van der Waals surface area contributed by atoms with Crippen LogP contribution < -0.4 is 10.5 Å². The van der Waals surface area contributed by atoms with Gasteiger partial charge in [-0.1, -0.05) is 13.8 Å². The van der Waals surface area contributed by atoms with Crippen LogP contribution in [-0.4, -0.2) is 11.6 Å². The summed E-state index contributed by atoms with van der Waals surface area (Å²) in [7, 11) is 0. The molecule has 3 nitrogen and oxygen atoms in total. The number of hydrogen-bond acceptors (Lipinski definition) is 3. The molecule has 0 aliphatic carbocycles. The van der Waals surface area contributed by atoms with Gasteiger partial charge in [0.05, 0.1) is 6.61 Å². The van der Waals surface area contributed by atoms with E-state index in [0.717, 1.165) is 12.8 Å². The van der Waals surface area contributed by atoms with E-state index in [-0.39, 0.29) is 11.7 Å². The minimum absolute atomic E-state index is 0.234. The number of hydrogen-bond donors (Lipinski definition) is 1. The van der Waals surface area contributed by atoms with Crippen LogP contribution in [-0.2, 0) is 0 Å². The van der Waals surface area contributed by atoms with Gasteiger partial charge in [-0.3, -0.25) is 0 Å². The summed E-state index contributed by atoms with van der Waals surface area (Å²) in [6.07, 6.45) is 1.79. The second kappa shape index (κ2) is 5.63. The normalized spacial score (nSPS) is 10.8. The fourth-order valence-corrected chi connectivity index (χ4v) is 1.22. The first-order chi connectivity index (χ1) is 7.50. The van der Waals surface area contributed by atoms with Gasteiger partial charge in [-0.05, 0) is 18.8 Å². The maximum atomic E-state index is 13.1. The van der Waals surface area contributed by atoms with Gasteiger partial charge in [0.15, 0.2) is 17.5 Å². The highest BCUT2D eigenvalue weighted by atomic mass is 19.1. The van der Waals surface area contributed by atoms with Gasteiger partial charge in [-0.2, -0.15) is 4.98 Å². The molecule has 0 fully saturated rings. The molecule has 0 saturated heterocycles. The van der Waals surface area contributed by atoms with Crippen LogP contribution in [0.2, 0.25) is 0 Å². The lowest BCUT2D eigenvalue weighted by molar-refractivity contribution is 0.272. The molecule has 0 spiro atoms. The molecule has 1 aromatic rings. The molecule has 0 bridgehead atoms. The lowest BCUT2D eigenvalue weighted by Crippen LogP contribution is -2.05. The van der Waals surface area contributed by atoms with Gasteiger partial charge in [-0.25, -0.2) is 8.78 Å². The average Bonchev–Trinajstić information content (AvgIpc) is 2.19. The van der Waals surface area contributed by atoms with Crippen LogP contribution in [0.25, 0.3) is 0 Å². The van der Waals surface area contributed by atoms with Crippen LogP contribution in [0.4, 0.5) is 14.6 Å². The van der Waals surface area contributed by atoms with E-state index in [2.05, 4.69) is 18.8 Å². The Morgan fingerprint density at radius 2 is 2.06 bits per heavy atom. The number of nitrogen functional groups attached to an aromatic ring is 1. The SMILES string of the molecule is CC(C)CCCOc1nc(N)c(F)cc1F. The van der Waals surface area contributed by atoms with Crippen molar-refractivity contribution in [2.24, 2.45) is 5.92 Å². The monoisotopic (exact) mass is 230 g/mol. The molecule has 2 N–H and O–H groups in total. The number of aromatic nitrogens is 1. The van der Waals surface area contributed by atoms with Crippen LogP contribution in [0.15, 0.2) is 6.07 Å². The second-order valence-electron chi connectivity index (χ2n) is 4.03. The zero-order valence-electron chi connectivity index (χ0n) is 9.46. The van der Waals surface area contributed by atoms with Crippen molar-refractivity contribution < 1.29 is 13.5 Å². The third kappa shape index (κ3) is 3.64. The maximum absolute atomic E-state index is 13.1. The molecule has 5 heteroatoms. The third-order valence-corrected chi connectivity index (χ3v) is 2.09. The van der Waals surface area contributed by atoms with Crippen molar-refractivity contribution in [1.29, 1.82) is 0 Å². The van der Waals surface area contributed by atoms with Crippen molar-refractivity contribution in [2.75, 3.05) is 12.3 Å². The minimum Gasteiger partial charge on any atom is -0.476 e. The third-order valence-electron chi connectivity index (χ3n) is 2.09. The zero-order valence-corrected chi connectivity index (χ0v) is 9.46. The van der Waals surface area contributed by atoms with E-state index in [4.69, 9.17) is 10.5 Å². The maximum Gasteiger partial charge on any atom is 0.252 e. The summed E-state index contributed by atoms with van der Waals surface area (Å²) >= 11 is 0. The summed E-state index contributed by atoms with van der Waals surface area (Å²) < 4.78 is 31.0. The quantitative estimate of drug-likeness (QED) is 0.791. The molecule has 0 amide bonds. The Morgan fingerprint density at radius 3 is 2.69 bits per heavy atom. The summed E-state index contributed by atoms with van der Waals surface area (Å²) in [6.45, 7) is 4.54. The summed E-state index contributed by atoms with van der Waals surface area (Å²) in [4.78, 5) is 3.49. The summed E-state index contributed by atoms with van der Waals surface area (Å²) in [5.41, 5.74) is 5.21. The summed E-state index contributed by atoms with van der Waals surface area (Å²) in [6, 6.07) is 0.681. The van der Waals surface area contributed by atoms with Crippen LogP contribution in [0.1, 0.15) is 26.7 Å². The van der Waals surface area contributed by atoms with Gasteiger partial charge in [0.2, 0.25) is 0 Å². The standard InChI is InChI=1S/C11H16F2N2O/c1-7(2)4-3-5-16-11-9(13)6-8(12)10(14)15-11/h6-7H,3-5H2,1-2H3,(H2,14,15). The highest BCUT2D eigenvalue weighted by molar-refractivity contribution is 5.34. The van der Waals surface area contributed by atoms with Gasteiger partial charge < -0.3 is 10.5 Å². The molecule has 0 aliphatic heterocycles. The lowest BCUT2D eigenvalue weighted by atomic mass is 10.1. The minimum atomic E-state index is -0.868. The molecule has 0 radical (unpaired) electrons. The van der Waals surface area contributed by atoms with Gasteiger partial charge >= 0.3 is 0 Å². The summed E-state index contributed by atoms with van der Waals surface area (Å²) in [5.74, 6) is -1.70. The number of ether oxygens (including phenoxy) is 1. The molecular formula is C11H16F2N2O. The Morgan fingerprint density at radius 1 is 1.38 bits per heavy atom. The fourth-order valence-electron chi connectivity index (χ4n) is 1.22. The highest BCUT2D eigenvalue weighted by Crippen LogP contribution is 2.19. The van der Waals surface area contributed by atoms with E-state index in [0.29, 0.717) is 18.6 Å². The van der Waals surface area contributed by atoms with Crippen molar-refractivity contribution in [2.45, 2.75) is 26.7 Å². The average molecular weight is 230 g/mol. The van der Waals surface area contributed by atoms with E-state index in [1.54, 1.807) is 0 Å². The van der Waals surface area contributed by atoms with E-state index in [1.807, 2.05) is 0 Å². The predicted molar refractivity (Wildman–Crippen MR) is 58.1 cm³/mol. The number of halogens is 2. The van der Waals surface area contributed by atoms with Gasteiger partial charge in [0.25, 0.3) is 5.88 Å². The van der Waals surface area contributed by atoms with Crippen LogP contribution in [0, 0.1) is 17.6 Å². The molecule has 1 aromatic heterocycles. The second-order valence-corrected chi connectivity index (χ2v) is 4.03. The molecule has 0 aliphatic rings. The smallest absolute Gasteiger partial charge is 0.252 e. The summed E-state index contributed by atoms with van der Waals surface area (Å²) in [5, 5.41) is 0. The Hall–Kier alpha value is -1.39. The lowest BCUT2D eigenvalue weighted by Gasteiger charge is -2.08. The Kier molecular flexibility index (Phi) is 4.46. The molecule has 16 heavy (non-hydrogen) atoms. The van der Waals surface area contributed by atoms with Crippen molar-refractivity contribution in [3.8, 4) is 5.88 Å². The van der Waals surface area contributed by atoms with Gasteiger partial charge in [0, 0.05) is 6.07 Å². The topological polar surface area (TPSA) is 48.1 Å². The molecule has 0 unspecified atom stereocenters. The highest BCUT2D eigenvalue weighted by Gasteiger charge is 2.10. The van der Waals surface area contributed by atoms with Crippen molar-refractivity contribution >= 4 is 5.82 Å². The first-order valence-electron chi connectivity index (χ1n) is 5.25. The Bertz CT molecular complexity index is 356. The molecule has 0 saturated carbocycles. The molecule has 90 valence electrons. The molecule has 0 atom stereocenters. The van der Waals surface area contributed by atoms with Crippen molar-refractivity contribution in [3.05, 3.63) is 17.7 Å². The number of rotatable bonds is 5. The zero-order chi connectivity index (χ0) is 12.1. The number of nitrogens with zero attached hydrogens (tertiary/aromatic N) is 1. The first-order valence-corrected chi connectivity index (χ1v) is 5.25. The Balaban J connectivity index is 2.51. The van der Waals surface area contributed by atoms with Crippen molar-refractivity contribution in [1.82, 2.24) is 4.98 Å². The molecule has 1 heterocycles. The predicted octanol–water partition coefficient (Wildman–Crippen LogP) is 2.76. The van der Waals surface area contributed by atoms with Crippen LogP contribution >= 0.6 is 0 Å². The van der Waals surface area contributed by atoms with Crippen LogP contribution in [0.5, 0.6) is 5.88 Å². The largest absolute Gasteiger partial charge is 0.476 e. The molecule has 0 aromatic carbocycles. The number of nitrogens with two attached hydrogens (primary N) is 1. The van der Waals surface area contributed by atoms with Gasteiger partial charge in [0.1, 0.15) is 0 Å². The van der Waals surface area contributed by atoms with Gasteiger partial charge in [-0.15, -0.1) is 0 Å². The Labute approximate surface area is 93.6 Å².